The van der Waals surface area contributed by atoms with Crippen molar-refractivity contribution in [2.24, 2.45) is 0 Å². The van der Waals surface area contributed by atoms with E-state index < -0.39 is 5.54 Å². The van der Waals surface area contributed by atoms with Crippen LogP contribution in [0, 0.1) is 18.3 Å². The minimum atomic E-state index is -0.527. The van der Waals surface area contributed by atoms with Crippen molar-refractivity contribution in [2.75, 3.05) is 5.32 Å². The van der Waals surface area contributed by atoms with Crippen molar-refractivity contribution < 1.29 is 0 Å². The Morgan fingerprint density at radius 1 is 1.31 bits per heavy atom. The summed E-state index contributed by atoms with van der Waals surface area (Å²) in [5, 5.41) is 12.3. The number of nitrogens with zero attached hydrogens (tertiary/aromatic N) is 1. The van der Waals surface area contributed by atoms with Crippen LogP contribution in [0.5, 0.6) is 0 Å². The third kappa shape index (κ3) is 3.00. The van der Waals surface area contributed by atoms with E-state index >= 15 is 0 Å². The lowest BCUT2D eigenvalue weighted by molar-refractivity contribution is 0.727. The molecule has 0 spiro atoms. The molecule has 1 N–H and O–H groups in total. The van der Waals surface area contributed by atoms with E-state index in [2.05, 4.69) is 50.4 Å². The summed E-state index contributed by atoms with van der Waals surface area (Å²) < 4.78 is 0. The lowest BCUT2D eigenvalue weighted by Crippen LogP contribution is -2.28. The maximum atomic E-state index is 9.01. The lowest BCUT2D eigenvalue weighted by Gasteiger charge is -2.21. The third-order valence-corrected chi connectivity index (χ3v) is 2.65. The molecule has 0 amide bonds. The molecular formula is C14H20N2. The number of aryl methyl sites for hydroxylation is 1. The maximum Gasteiger partial charge on any atom is 0.119 e. The molecule has 0 aliphatic heterocycles. The zero-order valence-corrected chi connectivity index (χ0v) is 10.8. The molecule has 2 heteroatoms. The van der Waals surface area contributed by atoms with Gasteiger partial charge in [0.2, 0.25) is 0 Å². The predicted molar refractivity (Wildman–Crippen MR) is 68.6 cm³/mol. The summed E-state index contributed by atoms with van der Waals surface area (Å²) in [5.74, 6) is 0.506. The van der Waals surface area contributed by atoms with Gasteiger partial charge in [-0.3, -0.25) is 0 Å². The molecule has 16 heavy (non-hydrogen) atoms. The van der Waals surface area contributed by atoms with Crippen LogP contribution in [0.2, 0.25) is 0 Å². The van der Waals surface area contributed by atoms with Crippen LogP contribution in [-0.4, -0.2) is 5.54 Å². The standard InChI is InChI=1S/C14H20N2/c1-10(2)12-7-6-11(3)13(8-12)16-14(4,5)9-15/h6-8,10,16H,1-5H3. The number of nitriles is 1. The predicted octanol–water partition coefficient (Wildman–Crippen LogP) is 3.83. The normalized spacial score (nSPS) is 11.3. The van der Waals surface area contributed by atoms with Crippen LogP contribution in [0.3, 0.4) is 0 Å². The fourth-order valence-electron chi connectivity index (χ4n) is 1.50. The molecule has 1 rings (SSSR count). The van der Waals surface area contributed by atoms with Crippen LogP contribution in [-0.2, 0) is 0 Å². The summed E-state index contributed by atoms with van der Waals surface area (Å²) in [6.45, 7) is 10.2. The SMILES string of the molecule is Cc1ccc(C(C)C)cc1NC(C)(C)C#N. The molecule has 0 heterocycles. The van der Waals surface area contributed by atoms with Crippen LogP contribution in [0.15, 0.2) is 18.2 Å². The summed E-state index contributed by atoms with van der Waals surface area (Å²) in [6.07, 6.45) is 0. The van der Waals surface area contributed by atoms with Crippen molar-refractivity contribution in [1.29, 1.82) is 5.26 Å². The zero-order chi connectivity index (χ0) is 12.3. The molecule has 2 nitrogen and oxygen atoms in total. The largest absolute Gasteiger partial charge is 0.368 e. The first-order valence-electron chi connectivity index (χ1n) is 5.66. The minimum Gasteiger partial charge on any atom is -0.368 e. The number of nitrogens with one attached hydrogen (secondary N) is 1. The molecule has 86 valence electrons. The van der Waals surface area contributed by atoms with Crippen molar-refractivity contribution in [3.05, 3.63) is 29.3 Å². The molecule has 0 aliphatic carbocycles. The number of hydrogen-bond acceptors (Lipinski definition) is 2. The minimum absolute atomic E-state index is 0.506. The lowest BCUT2D eigenvalue weighted by atomic mass is 9.99. The molecule has 0 atom stereocenters. The van der Waals surface area contributed by atoms with Crippen molar-refractivity contribution >= 4 is 5.69 Å². The van der Waals surface area contributed by atoms with Crippen molar-refractivity contribution in [2.45, 2.75) is 46.1 Å². The van der Waals surface area contributed by atoms with Gasteiger partial charge >= 0.3 is 0 Å². The number of benzene rings is 1. The molecule has 0 fully saturated rings. The Kier molecular flexibility index (Phi) is 3.59. The average molecular weight is 216 g/mol. The highest BCUT2D eigenvalue weighted by Gasteiger charge is 2.17. The van der Waals surface area contributed by atoms with E-state index in [4.69, 9.17) is 5.26 Å². The van der Waals surface area contributed by atoms with E-state index in [1.165, 1.54) is 11.1 Å². The highest BCUT2D eigenvalue weighted by molar-refractivity contribution is 5.55. The summed E-state index contributed by atoms with van der Waals surface area (Å²) in [4.78, 5) is 0. The molecule has 0 saturated heterocycles. The number of hydrogen-bond donors (Lipinski definition) is 1. The Balaban J connectivity index is 3.05. The third-order valence-electron chi connectivity index (χ3n) is 2.65. The maximum absolute atomic E-state index is 9.01. The van der Waals surface area contributed by atoms with Crippen LogP contribution in [0.4, 0.5) is 5.69 Å². The summed E-state index contributed by atoms with van der Waals surface area (Å²) in [5.41, 5.74) is 2.99. The number of anilines is 1. The highest BCUT2D eigenvalue weighted by Crippen LogP contribution is 2.24. The zero-order valence-electron chi connectivity index (χ0n) is 10.8. The Bertz CT molecular complexity index is 411. The molecule has 0 saturated carbocycles. The molecule has 0 aromatic heterocycles. The van der Waals surface area contributed by atoms with E-state index in [1.807, 2.05) is 13.8 Å². The Labute approximate surface area is 98.3 Å². The van der Waals surface area contributed by atoms with E-state index in [0.717, 1.165) is 5.69 Å². The Morgan fingerprint density at radius 3 is 2.44 bits per heavy atom. The molecular weight excluding hydrogens is 196 g/mol. The van der Waals surface area contributed by atoms with Crippen LogP contribution < -0.4 is 5.32 Å². The Morgan fingerprint density at radius 2 is 1.94 bits per heavy atom. The van der Waals surface area contributed by atoms with Gasteiger partial charge in [-0.25, -0.2) is 0 Å². The van der Waals surface area contributed by atoms with Gasteiger partial charge < -0.3 is 5.32 Å². The fraction of sp³-hybridized carbons (Fsp3) is 0.500. The summed E-state index contributed by atoms with van der Waals surface area (Å²) in [6, 6.07) is 8.64. The van der Waals surface area contributed by atoms with Gasteiger partial charge in [0.05, 0.1) is 6.07 Å². The smallest absolute Gasteiger partial charge is 0.119 e. The first-order valence-corrected chi connectivity index (χ1v) is 5.66. The van der Waals surface area contributed by atoms with Crippen LogP contribution >= 0.6 is 0 Å². The molecule has 1 aromatic carbocycles. The second kappa shape index (κ2) is 4.57. The molecule has 1 aromatic rings. The summed E-state index contributed by atoms with van der Waals surface area (Å²) in [7, 11) is 0. The van der Waals surface area contributed by atoms with E-state index in [1.54, 1.807) is 0 Å². The molecule has 0 bridgehead atoms. The second-order valence-electron chi connectivity index (χ2n) is 5.09. The summed E-state index contributed by atoms with van der Waals surface area (Å²) >= 11 is 0. The van der Waals surface area contributed by atoms with Crippen molar-refractivity contribution in [3.8, 4) is 6.07 Å². The fourth-order valence-corrected chi connectivity index (χ4v) is 1.50. The topological polar surface area (TPSA) is 35.8 Å². The van der Waals surface area contributed by atoms with E-state index in [0.29, 0.717) is 5.92 Å². The van der Waals surface area contributed by atoms with Crippen LogP contribution in [0.25, 0.3) is 0 Å². The van der Waals surface area contributed by atoms with Gasteiger partial charge in [0.25, 0.3) is 0 Å². The highest BCUT2D eigenvalue weighted by atomic mass is 15.0. The van der Waals surface area contributed by atoms with Gasteiger partial charge in [0, 0.05) is 5.69 Å². The van der Waals surface area contributed by atoms with Gasteiger partial charge in [-0.15, -0.1) is 0 Å². The second-order valence-corrected chi connectivity index (χ2v) is 5.09. The molecule has 0 aliphatic rings. The quantitative estimate of drug-likeness (QED) is 0.833. The van der Waals surface area contributed by atoms with Gasteiger partial charge in [-0.2, -0.15) is 5.26 Å². The van der Waals surface area contributed by atoms with Crippen molar-refractivity contribution in [1.82, 2.24) is 0 Å². The average Bonchev–Trinajstić information content (AvgIpc) is 2.21. The van der Waals surface area contributed by atoms with Gasteiger partial charge in [-0.1, -0.05) is 26.0 Å². The first kappa shape index (κ1) is 12.6. The van der Waals surface area contributed by atoms with Gasteiger partial charge in [0.1, 0.15) is 5.54 Å². The monoisotopic (exact) mass is 216 g/mol. The first-order chi connectivity index (χ1) is 7.35. The van der Waals surface area contributed by atoms with Crippen LogP contribution in [0.1, 0.15) is 44.7 Å². The van der Waals surface area contributed by atoms with Crippen molar-refractivity contribution in [3.63, 3.8) is 0 Å². The molecule has 0 radical (unpaired) electrons. The van der Waals surface area contributed by atoms with E-state index in [9.17, 15) is 0 Å². The van der Waals surface area contributed by atoms with Gasteiger partial charge in [0.15, 0.2) is 0 Å². The van der Waals surface area contributed by atoms with E-state index in [-0.39, 0.29) is 0 Å². The Hall–Kier alpha value is -1.49. The van der Waals surface area contributed by atoms with Gasteiger partial charge in [-0.05, 0) is 43.9 Å². The molecule has 0 unspecified atom stereocenters. The number of rotatable bonds is 3.